The largest absolute Gasteiger partial charge is 0.480 e. The van der Waals surface area contributed by atoms with Gasteiger partial charge in [0.05, 0.1) is 11.5 Å². The van der Waals surface area contributed by atoms with E-state index in [-0.39, 0.29) is 5.75 Å². The van der Waals surface area contributed by atoms with Crippen LogP contribution in [0.3, 0.4) is 0 Å². The van der Waals surface area contributed by atoms with Crippen molar-refractivity contribution >= 4 is 31.6 Å². The summed E-state index contributed by atoms with van der Waals surface area (Å²) in [6.45, 7) is 0. The second kappa shape index (κ2) is 7.55. The van der Waals surface area contributed by atoms with Gasteiger partial charge in [-0.2, -0.15) is 0 Å². The molecule has 0 radical (unpaired) electrons. The number of carboxylic acid groups (broad SMARTS) is 1. The number of sulfone groups is 2. The predicted octanol–water partition coefficient (Wildman–Crippen LogP) is -0.785. The average molecular weight is 363 g/mol. The number of carbonyl (C=O) groups excluding carboxylic acids is 1. The summed E-state index contributed by atoms with van der Waals surface area (Å²) in [5.41, 5.74) is 0.485. The third kappa shape index (κ3) is 7.75. The summed E-state index contributed by atoms with van der Waals surface area (Å²) < 4.78 is 46.1. The Labute approximate surface area is 134 Å². The SMILES string of the molecule is CS(=O)(=O)CC(=O)NC(CS(=O)(=O)Cc1ccccc1)C(=O)O. The lowest BCUT2D eigenvalue weighted by Gasteiger charge is -2.14. The Balaban J connectivity index is 2.79. The van der Waals surface area contributed by atoms with Crippen molar-refractivity contribution in [3.05, 3.63) is 35.9 Å². The van der Waals surface area contributed by atoms with E-state index in [0.717, 1.165) is 6.26 Å². The third-order valence-corrected chi connectivity index (χ3v) is 5.08. The van der Waals surface area contributed by atoms with Gasteiger partial charge in [0.15, 0.2) is 19.7 Å². The van der Waals surface area contributed by atoms with Crippen molar-refractivity contribution in [1.29, 1.82) is 0 Å². The fourth-order valence-corrected chi connectivity index (χ4v) is 3.90. The number of carbonyl (C=O) groups is 2. The maximum atomic E-state index is 12.0. The molecular weight excluding hydrogens is 346 g/mol. The summed E-state index contributed by atoms with van der Waals surface area (Å²) in [6.07, 6.45) is 0.814. The van der Waals surface area contributed by atoms with E-state index in [9.17, 15) is 26.4 Å². The van der Waals surface area contributed by atoms with Gasteiger partial charge >= 0.3 is 5.97 Å². The first-order valence-electron chi connectivity index (χ1n) is 6.43. The standard InChI is InChI=1S/C13H17NO7S2/c1-22(18,19)9-12(15)14-11(13(16)17)8-23(20,21)7-10-5-3-2-4-6-10/h2-6,11H,7-9H2,1H3,(H,14,15)(H,16,17). The smallest absolute Gasteiger partial charge is 0.327 e. The Kier molecular flexibility index (Phi) is 6.28. The van der Waals surface area contributed by atoms with Crippen molar-refractivity contribution in [1.82, 2.24) is 5.32 Å². The van der Waals surface area contributed by atoms with Crippen LogP contribution in [0.25, 0.3) is 0 Å². The van der Waals surface area contributed by atoms with E-state index in [1.54, 1.807) is 30.3 Å². The molecule has 0 saturated heterocycles. The van der Waals surface area contributed by atoms with Gasteiger partial charge in [-0.3, -0.25) is 4.79 Å². The fraction of sp³-hybridized carbons (Fsp3) is 0.385. The lowest BCUT2D eigenvalue weighted by Crippen LogP contribution is -2.47. The molecule has 1 atom stereocenters. The molecule has 1 aromatic rings. The zero-order chi connectivity index (χ0) is 17.7. The molecule has 0 aliphatic heterocycles. The fourth-order valence-electron chi connectivity index (χ4n) is 1.79. The summed E-state index contributed by atoms with van der Waals surface area (Å²) in [5, 5.41) is 10.9. The number of nitrogens with one attached hydrogen (secondary N) is 1. The normalized spacial score (nSPS) is 13.3. The van der Waals surface area contributed by atoms with Crippen LogP contribution in [0, 0.1) is 0 Å². The van der Waals surface area contributed by atoms with Crippen LogP contribution in [0.2, 0.25) is 0 Å². The third-order valence-electron chi connectivity index (χ3n) is 2.68. The summed E-state index contributed by atoms with van der Waals surface area (Å²) in [4.78, 5) is 22.6. The van der Waals surface area contributed by atoms with Crippen LogP contribution < -0.4 is 5.32 Å². The van der Waals surface area contributed by atoms with Crippen LogP contribution in [0.5, 0.6) is 0 Å². The monoisotopic (exact) mass is 363 g/mol. The Morgan fingerprint density at radius 2 is 1.70 bits per heavy atom. The molecule has 128 valence electrons. The van der Waals surface area contributed by atoms with Crippen molar-refractivity contribution in [3.8, 4) is 0 Å². The number of benzene rings is 1. The Morgan fingerprint density at radius 3 is 2.17 bits per heavy atom. The highest BCUT2D eigenvalue weighted by molar-refractivity contribution is 7.91. The predicted molar refractivity (Wildman–Crippen MR) is 83.2 cm³/mol. The Bertz CT molecular complexity index is 770. The number of hydrogen-bond donors (Lipinski definition) is 2. The molecule has 0 bridgehead atoms. The maximum absolute atomic E-state index is 12.0. The number of aliphatic carboxylic acids is 1. The van der Waals surface area contributed by atoms with E-state index in [4.69, 9.17) is 5.11 Å². The molecular formula is C13H17NO7S2. The molecule has 0 aliphatic rings. The average Bonchev–Trinajstić information content (AvgIpc) is 2.35. The minimum atomic E-state index is -3.81. The van der Waals surface area contributed by atoms with E-state index in [2.05, 4.69) is 0 Å². The van der Waals surface area contributed by atoms with Crippen LogP contribution in [-0.2, 0) is 35.0 Å². The van der Waals surface area contributed by atoms with Gasteiger partial charge in [-0.25, -0.2) is 21.6 Å². The molecule has 23 heavy (non-hydrogen) atoms. The molecule has 0 aromatic heterocycles. The van der Waals surface area contributed by atoms with Gasteiger partial charge in [-0.1, -0.05) is 30.3 Å². The molecule has 1 unspecified atom stereocenters. The molecule has 2 N–H and O–H groups in total. The Morgan fingerprint density at radius 1 is 1.13 bits per heavy atom. The number of carboxylic acids is 1. The van der Waals surface area contributed by atoms with Crippen molar-refractivity contribution in [3.63, 3.8) is 0 Å². The van der Waals surface area contributed by atoms with Gasteiger partial charge in [0, 0.05) is 6.26 Å². The lowest BCUT2D eigenvalue weighted by atomic mass is 10.2. The first-order chi connectivity index (χ1) is 10.5. The van der Waals surface area contributed by atoms with Crippen molar-refractivity contribution in [2.75, 3.05) is 17.8 Å². The van der Waals surface area contributed by atoms with Crippen LogP contribution in [0.4, 0.5) is 0 Å². The summed E-state index contributed by atoms with van der Waals surface area (Å²) in [7, 11) is -7.45. The molecule has 1 amide bonds. The van der Waals surface area contributed by atoms with Gasteiger partial charge in [-0.15, -0.1) is 0 Å². The lowest BCUT2D eigenvalue weighted by molar-refractivity contribution is -0.140. The highest BCUT2D eigenvalue weighted by atomic mass is 32.2. The van der Waals surface area contributed by atoms with Crippen molar-refractivity contribution < 1.29 is 31.5 Å². The van der Waals surface area contributed by atoms with E-state index >= 15 is 0 Å². The van der Waals surface area contributed by atoms with Gasteiger partial charge in [0.2, 0.25) is 5.91 Å². The number of amides is 1. The van der Waals surface area contributed by atoms with E-state index in [0.29, 0.717) is 5.56 Å². The number of rotatable bonds is 8. The van der Waals surface area contributed by atoms with Crippen LogP contribution >= 0.6 is 0 Å². The van der Waals surface area contributed by atoms with E-state index in [1.807, 2.05) is 5.32 Å². The first-order valence-corrected chi connectivity index (χ1v) is 10.3. The summed E-state index contributed by atoms with van der Waals surface area (Å²) in [6, 6.07) is 6.45. The van der Waals surface area contributed by atoms with Crippen LogP contribution in [0.15, 0.2) is 30.3 Å². The van der Waals surface area contributed by atoms with Gasteiger partial charge in [-0.05, 0) is 5.56 Å². The second-order valence-electron chi connectivity index (χ2n) is 5.07. The van der Waals surface area contributed by atoms with Crippen LogP contribution in [0.1, 0.15) is 5.56 Å². The minimum absolute atomic E-state index is 0.375. The summed E-state index contributed by atoms with van der Waals surface area (Å²) >= 11 is 0. The van der Waals surface area contributed by atoms with E-state index in [1.165, 1.54) is 0 Å². The minimum Gasteiger partial charge on any atom is -0.480 e. The van der Waals surface area contributed by atoms with E-state index < -0.39 is 49.1 Å². The van der Waals surface area contributed by atoms with Gasteiger partial charge in [0.1, 0.15) is 11.8 Å². The second-order valence-corrected chi connectivity index (χ2v) is 9.32. The molecule has 0 heterocycles. The highest BCUT2D eigenvalue weighted by Crippen LogP contribution is 2.07. The van der Waals surface area contributed by atoms with Crippen LogP contribution in [-0.4, -0.2) is 57.6 Å². The molecule has 0 fully saturated rings. The van der Waals surface area contributed by atoms with Crippen molar-refractivity contribution in [2.24, 2.45) is 0 Å². The number of hydrogen-bond acceptors (Lipinski definition) is 6. The Hall–Kier alpha value is -1.94. The molecule has 0 saturated carbocycles. The highest BCUT2D eigenvalue weighted by Gasteiger charge is 2.27. The van der Waals surface area contributed by atoms with Gasteiger partial charge in [0.25, 0.3) is 0 Å². The topological polar surface area (TPSA) is 135 Å². The molecule has 1 rings (SSSR count). The van der Waals surface area contributed by atoms with Gasteiger partial charge < -0.3 is 10.4 Å². The molecule has 10 heteroatoms. The zero-order valence-electron chi connectivity index (χ0n) is 12.3. The van der Waals surface area contributed by atoms with Crippen molar-refractivity contribution in [2.45, 2.75) is 11.8 Å². The molecule has 8 nitrogen and oxygen atoms in total. The quantitative estimate of drug-likeness (QED) is 0.618. The maximum Gasteiger partial charge on any atom is 0.327 e. The zero-order valence-corrected chi connectivity index (χ0v) is 13.9. The molecule has 0 spiro atoms. The molecule has 1 aromatic carbocycles. The summed E-state index contributed by atoms with van der Waals surface area (Å²) in [5.74, 6) is -4.72. The molecule has 0 aliphatic carbocycles. The first kappa shape index (κ1) is 19.1.